The highest BCUT2D eigenvalue weighted by molar-refractivity contribution is 5.69. The highest BCUT2D eigenvalue weighted by atomic mass is 16.5. The van der Waals surface area contributed by atoms with Crippen LogP contribution in [0.4, 0.5) is 0 Å². The van der Waals surface area contributed by atoms with Gasteiger partial charge in [-0.25, -0.2) is 0 Å². The zero-order valence-corrected chi connectivity index (χ0v) is 25.7. The summed E-state index contributed by atoms with van der Waals surface area (Å²) in [5.74, 6) is -0.696. The quantitative estimate of drug-likeness (QED) is 0.0575. The number of aliphatic carboxylic acids is 1. The Balaban J connectivity index is 3.89. The third-order valence-corrected chi connectivity index (χ3v) is 7.13. The Labute approximate surface area is 241 Å². The van der Waals surface area contributed by atoms with Gasteiger partial charge in [-0.05, 0) is 70.6 Å². The van der Waals surface area contributed by atoms with E-state index in [2.05, 4.69) is 50.3 Å². The summed E-state index contributed by atoms with van der Waals surface area (Å²) in [7, 11) is 0. The van der Waals surface area contributed by atoms with E-state index in [0.29, 0.717) is 12.8 Å². The molecule has 0 bridgehead atoms. The van der Waals surface area contributed by atoms with Crippen LogP contribution < -0.4 is 0 Å². The Kier molecular flexibility index (Phi) is 29.2. The largest absolute Gasteiger partial charge is 0.481 e. The van der Waals surface area contributed by atoms with Crippen molar-refractivity contribution in [1.82, 2.24) is 0 Å². The third-order valence-electron chi connectivity index (χ3n) is 7.13. The van der Waals surface area contributed by atoms with Gasteiger partial charge in [0.1, 0.15) is 6.10 Å². The van der Waals surface area contributed by atoms with E-state index in [-0.39, 0.29) is 12.1 Å². The Bertz CT molecular complexity index is 635. The molecule has 0 saturated carbocycles. The zero-order valence-electron chi connectivity index (χ0n) is 25.7. The number of carbonyl (C=O) groups is 2. The molecule has 0 saturated heterocycles. The first-order valence-corrected chi connectivity index (χ1v) is 16.5. The Morgan fingerprint density at radius 3 is 1.67 bits per heavy atom. The van der Waals surface area contributed by atoms with Crippen LogP contribution in [0.15, 0.2) is 36.5 Å². The third kappa shape index (κ3) is 30.6. The number of allylic oxidation sites excluding steroid dienone is 6. The molecule has 0 aromatic rings. The number of carboxylic acids is 1. The van der Waals surface area contributed by atoms with E-state index in [4.69, 9.17) is 9.84 Å². The van der Waals surface area contributed by atoms with Gasteiger partial charge in [-0.15, -0.1) is 0 Å². The van der Waals surface area contributed by atoms with E-state index in [1.165, 1.54) is 57.8 Å². The van der Waals surface area contributed by atoms with Gasteiger partial charge in [0.05, 0.1) is 0 Å². The fourth-order valence-corrected chi connectivity index (χ4v) is 4.73. The fraction of sp³-hybridized carbons (Fsp3) is 0.771. The van der Waals surface area contributed by atoms with Crippen LogP contribution in [-0.4, -0.2) is 23.1 Å². The average Bonchev–Trinajstić information content (AvgIpc) is 2.91. The van der Waals surface area contributed by atoms with E-state index < -0.39 is 5.97 Å². The first kappa shape index (κ1) is 37.2. The molecular weight excluding hydrogens is 484 g/mol. The highest BCUT2D eigenvalue weighted by Crippen LogP contribution is 2.18. The van der Waals surface area contributed by atoms with Crippen LogP contribution in [0, 0.1) is 0 Å². The summed E-state index contributed by atoms with van der Waals surface area (Å²) in [5, 5.41) is 8.70. The number of carboxylic acid groups (broad SMARTS) is 1. The van der Waals surface area contributed by atoms with Gasteiger partial charge in [-0.1, -0.05) is 121 Å². The molecule has 226 valence electrons. The first-order chi connectivity index (χ1) is 19.1. The molecule has 0 spiro atoms. The van der Waals surface area contributed by atoms with Gasteiger partial charge in [0.2, 0.25) is 0 Å². The summed E-state index contributed by atoms with van der Waals surface area (Å²) in [6, 6.07) is 0. The summed E-state index contributed by atoms with van der Waals surface area (Å²) in [6.45, 7) is 4.38. The molecule has 4 nitrogen and oxygen atoms in total. The molecule has 0 aliphatic carbocycles. The summed E-state index contributed by atoms with van der Waals surface area (Å²) in [4.78, 5) is 23.0. The molecule has 0 aliphatic heterocycles. The number of hydrogen-bond acceptors (Lipinski definition) is 3. The molecule has 1 unspecified atom stereocenters. The lowest BCUT2D eigenvalue weighted by molar-refractivity contribution is -0.150. The van der Waals surface area contributed by atoms with Gasteiger partial charge >= 0.3 is 11.9 Å². The number of unbranched alkanes of at least 4 members (excludes halogenated alkanes) is 14. The molecule has 1 atom stereocenters. The molecule has 0 radical (unpaired) electrons. The number of esters is 1. The summed E-state index contributed by atoms with van der Waals surface area (Å²) in [6.07, 6.45) is 38.8. The molecule has 0 aromatic heterocycles. The van der Waals surface area contributed by atoms with Gasteiger partial charge in [0.25, 0.3) is 0 Å². The maximum Gasteiger partial charge on any atom is 0.306 e. The minimum Gasteiger partial charge on any atom is -0.481 e. The molecule has 0 fully saturated rings. The lowest BCUT2D eigenvalue weighted by Crippen LogP contribution is -2.18. The molecule has 39 heavy (non-hydrogen) atoms. The van der Waals surface area contributed by atoms with Crippen molar-refractivity contribution in [2.75, 3.05) is 0 Å². The van der Waals surface area contributed by atoms with Crippen LogP contribution in [0.3, 0.4) is 0 Å². The number of carbonyl (C=O) groups excluding carboxylic acids is 1. The molecular formula is C35H62O4. The zero-order chi connectivity index (χ0) is 28.7. The van der Waals surface area contributed by atoms with Gasteiger partial charge in [0.15, 0.2) is 0 Å². The van der Waals surface area contributed by atoms with E-state index in [9.17, 15) is 9.59 Å². The average molecular weight is 547 g/mol. The van der Waals surface area contributed by atoms with Crippen molar-refractivity contribution in [3.63, 3.8) is 0 Å². The van der Waals surface area contributed by atoms with Gasteiger partial charge in [-0.3, -0.25) is 9.59 Å². The van der Waals surface area contributed by atoms with Crippen LogP contribution in [0.1, 0.15) is 168 Å². The van der Waals surface area contributed by atoms with Gasteiger partial charge in [0, 0.05) is 12.8 Å². The molecule has 1 N–H and O–H groups in total. The van der Waals surface area contributed by atoms with Crippen molar-refractivity contribution >= 4 is 11.9 Å². The molecule has 0 aliphatic rings. The maximum atomic E-state index is 12.5. The van der Waals surface area contributed by atoms with Crippen molar-refractivity contribution in [2.45, 2.75) is 174 Å². The Morgan fingerprint density at radius 1 is 0.590 bits per heavy atom. The summed E-state index contributed by atoms with van der Waals surface area (Å²) < 4.78 is 5.92. The Morgan fingerprint density at radius 2 is 1.08 bits per heavy atom. The number of hydrogen-bond donors (Lipinski definition) is 1. The van der Waals surface area contributed by atoms with Crippen molar-refractivity contribution in [3.8, 4) is 0 Å². The van der Waals surface area contributed by atoms with Gasteiger partial charge in [-0.2, -0.15) is 0 Å². The number of ether oxygens (including phenoxy) is 1. The minimum absolute atomic E-state index is 0.00454. The second kappa shape index (κ2) is 30.7. The Hall–Kier alpha value is -1.84. The van der Waals surface area contributed by atoms with Crippen LogP contribution in [0.2, 0.25) is 0 Å². The smallest absolute Gasteiger partial charge is 0.306 e. The highest BCUT2D eigenvalue weighted by Gasteiger charge is 2.14. The summed E-state index contributed by atoms with van der Waals surface area (Å²) >= 11 is 0. The van der Waals surface area contributed by atoms with E-state index >= 15 is 0 Å². The fourth-order valence-electron chi connectivity index (χ4n) is 4.73. The van der Waals surface area contributed by atoms with Crippen molar-refractivity contribution in [3.05, 3.63) is 36.5 Å². The molecule has 0 heterocycles. The summed E-state index contributed by atoms with van der Waals surface area (Å²) in [5.41, 5.74) is 0. The topological polar surface area (TPSA) is 63.6 Å². The number of rotatable bonds is 29. The van der Waals surface area contributed by atoms with Gasteiger partial charge < -0.3 is 9.84 Å². The molecule has 0 amide bonds. The maximum absolute atomic E-state index is 12.5. The lowest BCUT2D eigenvalue weighted by atomic mass is 10.0. The monoisotopic (exact) mass is 546 g/mol. The second-order valence-electron chi connectivity index (χ2n) is 11.0. The van der Waals surface area contributed by atoms with Crippen LogP contribution in [0.25, 0.3) is 0 Å². The lowest BCUT2D eigenvalue weighted by Gasteiger charge is -2.18. The first-order valence-electron chi connectivity index (χ1n) is 16.5. The second-order valence-corrected chi connectivity index (χ2v) is 11.0. The van der Waals surface area contributed by atoms with E-state index in [0.717, 1.165) is 83.5 Å². The minimum atomic E-state index is -0.691. The molecule has 0 rings (SSSR count). The normalized spacial score (nSPS) is 12.7. The van der Waals surface area contributed by atoms with Crippen LogP contribution in [-0.2, 0) is 14.3 Å². The van der Waals surface area contributed by atoms with Crippen molar-refractivity contribution < 1.29 is 19.4 Å². The predicted molar refractivity (Wildman–Crippen MR) is 167 cm³/mol. The van der Waals surface area contributed by atoms with Crippen LogP contribution >= 0.6 is 0 Å². The van der Waals surface area contributed by atoms with E-state index in [1.54, 1.807) is 0 Å². The molecule has 4 heteroatoms. The molecule has 0 aromatic carbocycles. The predicted octanol–water partition coefficient (Wildman–Crippen LogP) is 11.1. The van der Waals surface area contributed by atoms with Crippen LogP contribution in [0.5, 0.6) is 0 Å². The standard InChI is InChI=1S/C35H62O4/c1-3-5-7-9-10-11-12-13-14-15-16-17-21-24-28-32-35(38)39-33(29-25-8-6-4-2)30-26-22-19-18-20-23-27-31-34(36)37/h5,7,10-11,13-14,33H,3-4,6,8-9,12,15-32H2,1-2H3,(H,36,37)/b7-5-,11-10-,14-13-. The van der Waals surface area contributed by atoms with Crippen molar-refractivity contribution in [2.24, 2.45) is 0 Å². The van der Waals surface area contributed by atoms with Crippen molar-refractivity contribution in [1.29, 1.82) is 0 Å². The van der Waals surface area contributed by atoms with E-state index in [1.807, 2.05) is 0 Å². The SMILES string of the molecule is CC/C=C\C/C=C\C/C=C\CCCCCCCC(=O)OC(CCCCCC)CCCCCCCCCC(=O)O.